The standard InChI is InChI=1S/C4H7F2NO2.ClH/c1-7-2(3(5)6)4(8)9;/h2-3,7H,1H3,(H,8,9);1H. The minimum atomic E-state index is -2.85. The van der Waals surface area contributed by atoms with Gasteiger partial charge in [0.25, 0.3) is 6.43 Å². The molecule has 0 rings (SSSR count). The quantitative estimate of drug-likeness (QED) is 0.651. The number of hydrogen-bond acceptors (Lipinski definition) is 2. The Morgan fingerprint density at radius 2 is 2.00 bits per heavy atom. The van der Waals surface area contributed by atoms with Crippen LogP contribution in [0.25, 0.3) is 0 Å². The Labute approximate surface area is 62.8 Å². The van der Waals surface area contributed by atoms with Crippen LogP contribution in [-0.2, 0) is 4.79 Å². The fraction of sp³-hybridized carbons (Fsp3) is 0.750. The van der Waals surface area contributed by atoms with Crippen LogP contribution in [0.1, 0.15) is 0 Å². The smallest absolute Gasteiger partial charge is 0.326 e. The van der Waals surface area contributed by atoms with Gasteiger partial charge in [-0.1, -0.05) is 0 Å². The summed E-state index contributed by atoms with van der Waals surface area (Å²) in [7, 11) is 1.17. The summed E-state index contributed by atoms with van der Waals surface area (Å²) in [6, 6.07) is -1.75. The fourth-order valence-electron chi connectivity index (χ4n) is 0.357. The topological polar surface area (TPSA) is 49.3 Å². The predicted octanol–water partition coefficient (Wildman–Crippen LogP) is 0.346. The number of halogens is 3. The van der Waals surface area contributed by atoms with Gasteiger partial charge in [-0.25, -0.2) is 8.78 Å². The maximum atomic E-state index is 11.5. The van der Waals surface area contributed by atoms with Crippen LogP contribution in [-0.4, -0.2) is 30.6 Å². The van der Waals surface area contributed by atoms with Crippen LogP contribution in [0.15, 0.2) is 0 Å². The zero-order valence-electron chi connectivity index (χ0n) is 5.17. The third-order valence-electron chi connectivity index (χ3n) is 0.829. The lowest BCUT2D eigenvalue weighted by atomic mass is 10.3. The molecule has 10 heavy (non-hydrogen) atoms. The van der Waals surface area contributed by atoms with E-state index in [1.54, 1.807) is 0 Å². The molecule has 0 aliphatic carbocycles. The molecule has 0 aliphatic rings. The first-order chi connectivity index (χ1) is 4.09. The van der Waals surface area contributed by atoms with Crippen LogP contribution in [0.3, 0.4) is 0 Å². The molecule has 0 radical (unpaired) electrons. The largest absolute Gasteiger partial charge is 0.480 e. The van der Waals surface area contributed by atoms with Gasteiger partial charge in [0.15, 0.2) is 6.04 Å². The highest BCUT2D eigenvalue weighted by Gasteiger charge is 2.25. The van der Waals surface area contributed by atoms with Gasteiger partial charge >= 0.3 is 5.97 Å². The lowest BCUT2D eigenvalue weighted by Gasteiger charge is -2.07. The number of alkyl halides is 2. The van der Waals surface area contributed by atoms with E-state index < -0.39 is 18.4 Å². The highest BCUT2D eigenvalue weighted by atomic mass is 35.5. The highest BCUT2D eigenvalue weighted by Crippen LogP contribution is 1.98. The van der Waals surface area contributed by atoms with E-state index in [1.165, 1.54) is 7.05 Å². The van der Waals surface area contributed by atoms with Gasteiger partial charge < -0.3 is 10.4 Å². The van der Waals surface area contributed by atoms with E-state index in [-0.39, 0.29) is 12.4 Å². The molecule has 0 aliphatic heterocycles. The summed E-state index contributed by atoms with van der Waals surface area (Å²) in [6.07, 6.45) is -2.85. The monoisotopic (exact) mass is 175 g/mol. The van der Waals surface area contributed by atoms with Gasteiger partial charge in [0.2, 0.25) is 0 Å². The molecule has 2 N–H and O–H groups in total. The van der Waals surface area contributed by atoms with Crippen molar-refractivity contribution < 1.29 is 18.7 Å². The predicted molar refractivity (Wildman–Crippen MR) is 33.7 cm³/mol. The summed E-state index contributed by atoms with van der Waals surface area (Å²) in [5, 5.41) is 9.95. The number of carboxylic acids is 1. The van der Waals surface area contributed by atoms with E-state index in [4.69, 9.17) is 5.11 Å². The summed E-state index contributed by atoms with van der Waals surface area (Å²) in [6.45, 7) is 0. The van der Waals surface area contributed by atoms with Crippen LogP contribution in [0, 0.1) is 0 Å². The summed E-state index contributed by atoms with van der Waals surface area (Å²) in [5.41, 5.74) is 0. The average molecular weight is 176 g/mol. The van der Waals surface area contributed by atoms with Gasteiger partial charge in [0, 0.05) is 0 Å². The molecule has 3 nitrogen and oxygen atoms in total. The zero-order valence-corrected chi connectivity index (χ0v) is 5.99. The van der Waals surface area contributed by atoms with Crippen molar-refractivity contribution in [3.05, 3.63) is 0 Å². The molecule has 0 saturated heterocycles. The first kappa shape index (κ1) is 12.3. The average Bonchev–Trinajstić information content (AvgIpc) is 1.64. The Morgan fingerprint density at radius 1 is 1.60 bits per heavy atom. The molecule has 1 unspecified atom stereocenters. The van der Waals surface area contributed by atoms with Crippen molar-refractivity contribution in [1.29, 1.82) is 0 Å². The minimum absolute atomic E-state index is 0. The number of nitrogens with one attached hydrogen (secondary N) is 1. The third-order valence-corrected chi connectivity index (χ3v) is 0.829. The van der Waals surface area contributed by atoms with Crippen LogP contribution in [0.2, 0.25) is 0 Å². The lowest BCUT2D eigenvalue weighted by molar-refractivity contribution is -0.143. The molecule has 0 heterocycles. The minimum Gasteiger partial charge on any atom is -0.480 e. The van der Waals surface area contributed by atoms with Crippen molar-refractivity contribution in [1.82, 2.24) is 5.32 Å². The van der Waals surface area contributed by atoms with Gasteiger partial charge in [-0.3, -0.25) is 4.79 Å². The van der Waals surface area contributed by atoms with E-state index in [0.29, 0.717) is 0 Å². The molecule has 1 atom stereocenters. The molecule has 0 saturated carbocycles. The maximum absolute atomic E-state index is 11.5. The summed E-state index contributed by atoms with van der Waals surface area (Å²) < 4.78 is 23.0. The molecule has 6 heteroatoms. The number of aliphatic carboxylic acids is 1. The number of carbonyl (C=O) groups is 1. The summed E-state index contributed by atoms with van der Waals surface area (Å²) in [5.74, 6) is -1.53. The first-order valence-corrected chi connectivity index (χ1v) is 2.27. The molecule has 0 aromatic rings. The van der Waals surface area contributed by atoms with Gasteiger partial charge in [-0.15, -0.1) is 12.4 Å². The van der Waals surface area contributed by atoms with Crippen molar-refractivity contribution in [3.63, 3.8) is 0 Å². The van der Waals surface area contributed by atoms with Crippen molar-refractivity contribution in [2.24, 2.45) is 0 Å². The molecular formula is C4H8ClF2NO2. The van der Waals surface area contributed by atoms with Crippen molar-refractivity contribution >= 4 is 18.4 Å². The second-order valence-corrected chi connectivity index (χ2v) is 1.44. The number of rotatable bonds is 3. The fourth-order valence-corrected chi connectivity index (χ4v) is 0.357. The molecule has 0 amide bonds. The van der Waals surface area contributed by atoms with E-state index >= 15 is 0 Å². The Bertz CT molecular complexity index is 111. The molecular weight excluding hydrogens is 167 g/mol. The molecule has 0 fully saturated rings. The molecule has 0 aromatic heterocycles. The first-order valence-electron chi connectivity index (χ1n) is 2.27. The van der Waals surface area contributed by atoms with Gasteiger partial charge in [0.1, 0.15) is 0 Å². The van der Waals surface area contributed by atoms with Crippen LogP contribution >= 0.6 is 12.4 Å². The Balaban J connectivity index is 0. The van der Waals surface area contributed by atoms with Crippen molar-refractivity contribution in [2.75, 3.05) is 7.05 Å². The van der Waals surface area contributed by atoms with Crippen LogP contribution < -0.4 is 5.32 Å². The van der Waals surface area contributed by atoms with E-state index in [2.05, 4.69) is 0 Å². The third kappa shape index (κ3) is 3.58. The Hall–Kier alpha value is -0.420. The molecule has 0 spiro atoms. The van der Waals surface area contributed by atoms with Crippen LogP contribution in [0.5, 0.6) is 0 Å². The summed E-state index contributed by atoms with van der Waals surface area (Å²) >= 11 is 0. The van der Waals surface area contributed by atoms with Crippen molar-refractivity contribution in [3.8, 4) is 0 Å². The second kappa shape index (κ2) is 5.37. The maximum Gasteiger partial charge on any atom is 0.326 e. The zero-order chi connectivity index (χ0) is 7.44. The normalized spacial score (nSPS) is 12.4. The molecule has 62 valence electrons. The molecule has 0 aromatic carbocycles. The summed E-state index contributed by atoms with van der Waals surface area (Å²) in [4.78, 5) is 9.83. The van der Waals surface area contributed by atoms with E-state index in [0.717, 1.165) is 0 Å². The van der Waals surface area contributed by atoms with Gasteiger partial charge in [0.05, 0.1) is 0 Å². The van der Waals surface area contributed by atoms with E-state index in [9.17, 15) is 13.6 Å². The van der Waals surface area contributed by atoms with Crippen LogP contribution in [0.4, 0.5) is 8.78 Å². The lowest BCUT2D eigenvalue weighted by Crippen LogP contribution is -2.40. The number of likely N-dealkylation sites (N-methyl/N-ethyl adjacent to an activating group) is 1. The number of hydrogen-bond donors (Lipinski definition) is 2. The Morgan fingerprint density at radius 3 is 2.00 bits per heavy atom. The van der Waals surface area contributed by atoms with E-state index in [1.807, 2.05) is 5.32 Å². The number of carboxylic acid groups (broad SMARTS) is 1. The Kier molecular flexibility index (Phi) is 6.59. The highest BCUT2D eigenvalue weighted by molar-refractivity contribution is 5.85. The SMILES string of the molecule is CNC(C(=O)O)C(F)F.Cl. The van der Waals surface area contributed by atoms with Crippen molar-refractivity contribution in [2.45, 2.75) is 12.5 Å². The second-order valence-electron chi connectivity index (χ2n) is 1.44. The van der Waals surface area contributed by atoms with Gasteiger partial charge in [-0.2, -0.15) is 0 Å². The molecule has 0 bridgehead atoms. The van der Waals surface area contributed by atoms with Gasteiger partial charge in [-0.05, 0) is 7.05 Å².